The highest BCUT2D eigenvalue weighted by Gasteiger charge is 2.50. The fraction of sp³-hybridized carbons (Fsp3) is 0.432. The molecule has 6 heterocycles. The van der Waals surface area contributed by atoms with Crippen LogP contribution in [-0.4, -0.2) is 80.0 Å². The maximum Gasteiger partial charge on any atom is 0.251 e. The number of hydrogen-bond acceptors (Lipinski definition) is 9. The predicted molar refractivity (Wildman–Crippen MR) is 410 cm³/mol. The minimum Gasteiger partial charge on any atom is -0.393 e. The van der Waals surface area contributed by atoms with Crippen LogP contribution in [0.5, 0.6) is 0 Å². The summed E-state index contributed by atoms with van der Waals surface area (Å²) in [6.45, 7) is 6.89. The zero-order valence-electron chi connectivity index (χ0n) is 60.2. The van der Waals surface area contributed by atoms with E-state index in [0.29, 0.717) is 107 Å². The van der Waals surface area contributed by atoms with Gasteiger partial charge in [0.25, 0.3) is 11.8 Å². The van der Waals surface area contributed by atoms with Crippen LogP contribution in [0.3, 0.4) is 0 Å². The average molecular weight is 1440 g/mol. The van der Waals surface area contributed by atoms with Crippen molar-refractivity contribution in [2.45, 2.75) is 178 Å². The summed E-state index contributed by atoms with van der Waals surface area (Å²) in [4.78, 5) is 63.5. The normalized spacial score (nSPS) is 27.1. The third kappa shape index (κ3) is 13.5. The van der Waals surface area contributed by atoms with E-state index in [1.54, 1.807) is 36.4 Å². The molecule has 0 radical (unpaired) electrons. The zero-order chi connectivity index (χ0) is 72.2. The highest BCUT2D eigenvalue weighted by Crippen LogP contribution is 2.61. The summed E-state index contributed by atoms with van der Waals surface area (Å²) < 4.78 is 41.9. The first-order chi connectivity index (χ1) is 51.5. The van der Waals surface area contributed by atoms with Gasteiger partial charge in [-0.25, -0.2) is 28.1 Å². The van der Waals surface area contributed by atoms with E-state index in [1.807, 2.05) is 73.2 Å². The summed E-state index contributed by atoms with van der Waals surface area (Å²) in [5.41, 5.74) is 13.4. The monoisotopic (exact) mass is 1440 g/mol. The van der Waals surface area contributed by atoms with Crippen LogP contribution >= 0.6 is 11.6 Å². The fourth-order valence-electron chi connectivity index (χ4n) is 21.2. The van der Waals surface area contributed by atoms with Crippen molar-refractivity contribution in [3.8, 4) is 0 Å². The van der Waals surface area contributed by atoms with E-state index in [9.17, 15) is 27.9 Å². The molecule has 544 valence electrons. The van der Waals surface area contributed by atoms with Crippen LogP contribution in [-0.2, 0) is 6.42 Å². The number of imidazole rings is 3. The lowest BCUT2D eigenvalue weighted by Crippen LogP contribution is -2.46. The first-order valence-corrected chi connectivity index (χ1v) is 39.4. The first-order valence-electron chi connectivity index (χ1n) is 39.0. The third-order valence-corrected chi connectivity index (χ3v) is 27.0. The Kier molecular flexibility index (Phi) is 18.3. The molecule has 6 aromatic carbocycles. The van der Waals surface area contributed by atoms with Gasteiger partial charge in [0.15, 0.2) is 0 Å². The van der Waals surface area contributed by atoms with E-state index in [4.69, 9.17) is 26.6 Å². The Labute approximate surface area is 619 Å². The van der Waals surface area contributed by atoms with Crippen molar-refractivity contribution in [1.82, 2.24) is 55.5 Å². The van der Waals surface area contributed by atoms with Gasteiger partial charge in [-0.2, -0.15) is 0 Å². The molecule has 0 aliphatic heterocycles. The summed E-state index contributed by atoms with van der Waals surface area (Å²) in [5, 5.41) is 19.3. The number of aromatic nitrogens is 9. The Morgan fingerprint density at radius 2 is 0.906 bits per heavy atom. The van der Waals surface area contributed by atoms with Crippen LogP contribution in [0, 0.1) is 76.6 Å². The molecule has 15 atom stereocenters. The van der Waals surface area contributed by atoms with Crippen molar-refractivity contribution in [2.24, 2.45) is 59.2 Å². The molecule has 6 aromatic heterocycles. The van der Waals surface area contributed by atoms with Crippen LogP contribution in [0.15, 0.2) is 146 Å². The molecule has 0 saturated heterocycles. The van der Waals surface area contributed by atoms with Gasteiger partial charge in [-0.1, -0.05) is 32.4 Å². The van der Waals surface area contributed by atoms with Crippen LogP contribution in [0.2, 0.25) is 5.02 Å². The number of rotatable bonds is 16. The van der Waals surface area contributed by atoms with Gasteiger partial charge in [0.1, 0.15) is 34.9 Å². The van der Waals surface area contributed by atoms with Gasteiger partial charge < -0.3 is 30.7 Å². The molecule has 12 aromatic rings. The molecular weight excluding hydrogens is 1350 g/mol. The summed E-state index contributed by atoms with van der Waals surface area (Å²) >= 11 is 6.12. The number of aromatic amines is 3. The van der Waals surface area contributed by atoms with Gasteiger partial charge >= 0.3 is 0 Å². The number of carbonyl (C=O) groups is 2. The zero-order valence-corrected chi connectivity index (χ0v) is 61.0. The number of H-pyrrole nitrogens is 3. The number of carbonyl (C=O) groups excluding carboxylic acids is 2. The quantitative estimate of drug-likeness (QED) is 0.0544. The third-order valence-electron chi connectivity index (χ3n) is 26.7. The van der Waals surface area contributed by atoms with E-state index < -0.39 is 0 Å². The largest absolute Gasteiger partial charge is 0.393 e. The second-order valence-electron chi connectivity index (χ2n) is 33.3. The molecule has 8 fully saturated rings. The van der Waals surface area contributed by atoms with Gasteiger partial charge in [0, 0.05) is 81.2 Å². The molecule has 8 saturated carbocycles. The van der Waals surface area contributed by atoms with Gasteiger partial charge in [0.05, 0.1) is 55.8 Å². The molecule has 2 amide bonds. The average Bonchev–Trinajstić information content (AvgIpc) is 1.59. The summed E-state index contributed by atoms with van der Waals surface area (Å²) in [7, 11) is 0. The number of nitrogens with zero attached hydrogens (tertiary/aromatic N) is 6. The number of benzene rings is 6. The Morgan fingerprint density at radius 3 is 1.35 bits per heavy atom. The number of halogens is 4. The second-order valence-corrected chi connectivity index (χ2v) is 33.7. The Bertz CT molecular complexity index is 5340. The van der Waals surface area contributed by atoms with Crippen molar-refractivity contribution >= 4 is 89.2 Å². The van der Waals surface area contributed by atoms with E-state index in [0.717, 1.165) is 139 Å². The number of hydrogen-bond donors (Lipinski definition) is 6. The van der Waals surface area contributed by atoms with E-state index in [1.165, 1.54) is 92.7 Å². The number of fused-ring (bicyclic) bond motifs is 12. The minimum absolute atomic E-state index is 0.0112. The Balaban J connectivity index is 0.000000113. The number of aliphatic hydroxyl groups excluding tert-OH is 1. The van der Waals surface area contributed by atoms with E-state index in [-0.39, 0.29) is 41.4 Å². The second kappa shape index (κ2) is 28.3. The van der Waals surface area contributed by atoms with Crippen molar-refractivity contribution in [2.75, 3.05) is 0 Å². The maximum absolute atomic E-state index is 14.0. The Morgan fingerprint density at radius 1 is 0.472 bits per heavy atom. The van der Waals surface area contributed by atoms with Crippen molar-refractivity contribution in [3.05, 3.63) is 214 Å². The molecule has 20 rings (SSSR count). The predicted octanol–water partition coefficient (Wildman–Crippen LogP) is 19.6. The lowest BCUT2D eigenvalue weighted by Gasteiger charge is -2.32. The first kappa shape index (κ1) is 68.7. The number of pyridine rings is 3. The molecule has 6 N–H and O–H groups in total. The van der Waals surface area contributed by atoms with Crippen LogP contribution < -0.4 is 10.6 Å². The highest BCUT2D eigenvalue weighted by molar-refractivity contribution is 6.31. The van der Waals surface area contributed by atoms with Crippen molar-refractivity contribution in [1.29, 1.82) is 0 Å². The smallest absolute Gasteiger partial charge is 0.251 e. The lowest BCUT2D eigenvalue weighted by molar-refractivity contribution is 0.0562. The topological polar surface area (TPSA) is 203 Å². The van der Waals surface area contributed by atoms with Crippen LogP contribution in [0.4, 0.5) is 13.2 Å². The highest BCUT2D eigenvalue weighted by atomic mass is 35.5. The van der Waals surface area contributed by atoms with Gasteiger partial charge in [-0.15, -0.1) is 0 Å². The van der Waals surface area contributed by atoms with Gasteiger partial charge in [-0.05, 0) is 324 Å². The maximum atomic E-state index is 14.0. The van der Waals surface area contributed by atoms with Crippen molar-refractivity contribution in [3.63, 3.8) is 0 Å². The molecule has 8 aliphatic rings. The van der Waals surface area contributed by atoms with Crippen molar-refractivity contribution < 1.29 is 27.9 Å². The Hall–Kier alpha value is -9.06. The summed E-state index contributed by atoms with van der Waals surface area (Å²) in [6.07, 6.45) is 24.2. The number of amides is 2. The summed E-state index contributed by atoms with van der Waals surface area (Å²) in [5.74, 6) is 11.3. The van der Waals surface area contributed by atoms with Gasteiger partial charge in [0.2, 0.25) is 0 Å². The number of nitrogens with one attached hydrogen (secondary N) is 5. The molecule has 106 heavy (non-hydrogen) atoms. The summed E-state index contributed by atoms with van der Waals surface area (Å²) in [6, 6.07) is 38.8. The number of aliphatic hydroxyl groups is 1. The SMILES string of the molecule is C[C@H](CC1CC2CC1CC2c1ccnc2ccc(F)cc12)c1nc2ccc(C(=O)NC3CC(O)C3)cc2[nH]1.C[C@H](CC1CC2CC1CC2c1ccnc2ccc(F)cc12)c1nc2ccc(C(=O)NC3CCC3)cc2[nH]1.C[C@H](Cc1nc2ccc(Cl)cc2[nH]1)C1CC2CC1CC2c1ccnc2ccc(F)cc12. The minimum atomic E-state index is -0.291. The molecule has 14 nitrogen and oxygen atoms in total. The molecular formula is C88H91ClF3N11O3. The van der Waals surface area contributed by atoms with E-state index in [2.05, 4.69) is 79.5 Å². The fourth-order valence-corrected chi connectivity index (χ4v) is 21.4. The molecule has 12 unspecified atom stereocenters. The standard InChI is InChI=1S/C31H33FN4O2.C31H33FN4O.C26H25ClFN3/c1-16(30-35-28-4-2-17(12-29(28)36-30)31(38)34-22-14-23(37)15-22)8-18-9-20-10-19(18)11-25(20)24-6-7-33-27-5-3-21(32)13-26(24)27;1-17(30-35-28-7-5-18(15-29(28)36-30)31(37)34-23-3-2-4-23)11-19-12-21-13-20(19)14-25(21)24-9-10-33-27-8-6-22(32)16-26(24)27;1-14(8-26-30-24-4-2-17(27)12-25(24)31-26)20-10-16-9-15(20)11-21(16)19-6-7-29-23-5-3-18(28)13-22(19)23/h2-7,12-13,16,18-20,22-23,25,37H,8-11,14-15H2,1H3,(H,34,38)(H,35,36);5-10,15-17,19-21,23,25H,2-4,11-14H2,1H3,(H,34,37)(H,35,36);2-7,12-16,20-21H,8-11H2,1H3,(H,30,31)/t16-,18?,19?,20?,22?,23?,25?;17-,19?,20?,21?,25?;14-,15?,16?,20?,21?/m111/s1. The van der Waals surface area contributed by atoms with Crippen LogP contribution in [0.25, 0.3) is 65.8 Å². The lowest BCUT2D eigenvalue weighted by atomic mass is 9.73. The van der Waals surface area contributed by atoms with Gasteiger partial charge in [-0.3, -0.25) is 24.5 Å². The molecule has 6 bridgehead atoms. The molecule has 8 aliphatic carbocycles. The van der Waals surface area contributed by atoms with Crippen LogP contribution in [0.1, 0.15) is 208 Å². The molecule has 0 spiro atoms. The molecule has 18 heteroatoms. The van der Waals surface area contributed by atoms with E-state index >= 15 is 0 Å².